The number of hydrogen-bond acceptors (Lipinski definition) is 5. The molecule has 2 aromatic rings. The molecule has 0 aliphatic heterocycles. The number of carbonyl (C=O) groups excluding carboxylic acids is 2. The summed E-state index contributed by atoms with van der Waals surface area (Å²) in [6, 6.07) is 3.70. The van der Waals surface area contributed by atoms with Crippen molar-refractivity contribution in [3.63, 3.8) is 0 Å². The van der Waals surface area contributed by atoms with Crippen LogP contribution in [0.2, 0.25) is 0 Å². The van der Waals surface area contributed by atoms with Crippen molar-refractivity contribution < 1.29 is 18.9 Å². The molecule has 1 heterocycles. The summed E-state index contributed by atoms with van der Waals surface area (Å²) in [5, 5.41) is 17.3. The van der Waals surface area contributed by atoms with Crippen molar-refractivity contribution in [1.29, 1.82) is 0 Å². The van der Waals surface area contributed by atoms with E-state index in [0.29, 0.717) is 0 Å². The Hall–Kier alpha value is -3.10. The molecular weight excluding hydrogens is 319 g/mol. The molecule has 0 atom stereocenters. The van der Waals surface area contributed by atoms with E-state index in [1.807, 2.05) is 0 Å². The Kier molecular flexibility index (Phi) is 4.72. The van der Waals surface area contributed by atoms with Crippen LogP contribution in [0.3, 0.4) is 0 Å². The minimum absolute atomic E-state index is 0.163. The van der Waals surface area contributed by atoms with Gasteiger partial charge in [-0.25, -0.2) is 4.39 Å². The first-order valence-electron chi connectivity index (χ1n) is 6.99. The van der Waals surface area contributed by atoms with E-state index in [2.05, 4.69) is 10.4 Å². The van der Waals surface area contributed by atoms with Gasteiger partial charge in [-0.3, -0.25) is 24.4 Å². The number of hydrogen-bond donors (Lipinski definition) is 1. The van der Waals surface area contributed by atoms with Crippen LogP contribution in [0.15, 0.2) is 18.2 Å². The molecule has 0 saturated carbocycles. The number of rotatable bonds is 5. The topological polar surface area (TPSA) is 107 Å². The van der Waals surface area contributed by atoms with Gasteiger partial charge in [0.1, 0.15) is 23.7 Å². The van der Waals surface area contributed by atoms with Crippen LogP contribution in [0.5, 0.6) is 0 Å². The lowest BCUT2D eigenvalue weighted by Gasteiger charge is -2.07. The first-order chi connectivity index (χ1) is 11.2. The number of benzene rings is 1. The van der Waals surface area contributed by atoms with Crippen LogP contribution in [-0.2, 0) is 11.3 Å². The molecule has 0 unspecified atom stereocenters. The number of nitro groups is 1. The molecule has 1 aromatic carbocycles. The number of halogens is 1. The SMILES string of the molecule is CC(=O)Nc1ccc(C(=O)Cn2nc(C)c([N+](=O)[O-])c2C)c(F)c1. The molecule has 24 heavy (non-hydrogen) atoms. The van der Waals surface area contributed by atoms with Crippen molar-refractivity contribution in [2.45, 2.75) is 27.3 Å². The average molecular weight is 334 g/mol. The zero-order chi connectivity index (χ0) is 18.0. The Labute approximate surface area is 136 Å². The van der Waals surface area contributed by atoms with Gasteiger partial charge in [-0.1, -0.05) is 0 Å². The van der Waals surface area contributed by atoms with Crippen LogP contribution < -0.4 is 5.32 Å². The highest BCUT2D eigenvalue weighted by Crippen LogP contribution is 2.22. The summed E-state index contributed by atoms with van der Waals surface area (Å²) >= 11 is 0. The number of ketones is 1. The molecule has 0 saturated heterocycles. The van der Waals surface area contributed by atoms with Crippen LogP contribution in [0.25, 0.3) is 0 Å². The molecule has 0 aliphatic rings. The van der Waals surface area contributed by atoms with Gasteiger partial charge in [0.05, 0.1) is 10.5 Å². The Morgan fingerprint density at radius 3 is 2.54 bits per heavy atom. The minimum atomic E-state index is -0.790. The summed E-state index contributed by atoms with van der Waals surface area (Å²) in [7, 11) is 0. The van der Waals surface area contributed by atoms with E-state index in [9.17, 15) is 24.1 Å². The zero-order valence-corrected chi connectivity index (χ0v) is 13.3. The number of amides is 1. The van der Waals surface area contributed by atoms with Gasteiger partial charge in [-0.15, -0.1) is 0 Å². The highest BCUT2D eigenvalue weighted by Gasteiger charge is 2.23. The fourth-order valence-electron chi connectivity index (χ4n) is 2.35. The lowest BCUT2D eigenvalue weighted by atomic mass is 10.1. The number of nitrogens with one attached hydrogen (secondary N) is 1. The van der Waals surface area contributed by atoms with Crippen molar-refractivity contribution in [3.8, 4) is 0 Å². The van der Waals surface area contributed by atoms with E-state index in [1.54, 1.807) is 0 Å². The van der Waals surface area contributed by atoms with Gasteiger partial charge in [0.2, 0.25) is 5.91 Å². The van der Waals surface area contributed by atoms with Crippen LogP contribution in [0.1, 0.15) is 28.7 Å². The summed E-state index contributed by atoms with van der Waals surface area (Å²) in [5.41, 5.74) is 0.301. The third-order valence-corrected chi connectivity index (χ3v) is 3.41. The zero-order valence-electron chi connectivity index (χ0n) is 13.3. The third kappa shape index (κ3) is 3.45. The van der Waals surface area contributed by atoms with Gasteiger partial charge in [0, 0.05) is 12.6 Å². The molecule has 0 aliphatic carbocycles. The molecule has 1 aromatic heterocycles. The highest BCUT2D eigenvalue weighted by atomic mass is 19.1. The molecule has 1 amide bonds. The number of carbonyl (C=O) groups is 2. The first-order valence-corrected chi connectivity index (χ1v) is 6.99. The van der Waals surface area contributed by atoms with E-state index in [4.69, 9.17) is 0 Å². The van der Waals surface area contributed by atoms with Gasteiger partial charge in [-0.2, -0.15) is 5.10 Å². The smallest absolute Gasteiger partial charge is 0.312 e. The molecule has 0 bridgehead atoms. The molecule has 0 radical (unpaired) electrons. The average Bonchev–Trinajstić information content (AvgIpc) is 2.72. The summed E-state index contributed by atoms with van der Waals surface area (Å²) in [4.78, 5) is 33.6. The molecule has 1 N–H and O–H groups in total. The normalized spacial score (nSPS) is 10.5. The van der Waals surface area contributed by atoms with E-state index in [1.165, 1.54) is 37.6 Å². The van der Waals surface area contributed by atoms with Gasteiger partial charge in [0.25, 0.3) is 0 Å². The highest BCUT2D eigenvalue weighted by molar-refractivity contribution is 5.97. The Morgan fingerprint density at radius 1 is 1.38 bits per heavy atom. The van der Waals surface area contributed by atoms with Crippen LogP contribution in [0, 0.1) is 29.8 Å². The largest absolute Gasteiger partial charge is 0.326 e. The first kappa shape index (κ1) is 17.3. The molecular formula is C15H15FN4O4. The van der Waals surface area contributed by atoms with Gasteiger partial charge in [-0.05, 0) is 32.0 Å². The monoisotopic (exact) mass is 334 g/mol. The predicted molar refractivity (Wildman–Crippen MR) is 83.4 cm³/mol. The lowest BCUT2D eigenvalue weighted by molar-refractivity contribution is -0.386. The van der Waals surface area contributed by atoms with E-state index < -0.39 is 16.5 Å². The lowest BCUT2D eigenvalue weighted by Crippen LogP contribution is -2.15. The van der Waals surface area contributed by atoms with Crippen LogP contribution in [-0.4, -0.2) is 26.4 Å². The van der Waals surface area contributed by atoms with Crippen molar-refractivity contribution in [3.05, 3.63) is 51.1 Å². The molecule has 9 heteroatoms. The van der Waals surface area contributed by atoms with E-state index >= 15 is 0 Å². The van der Waals surface area contributed by atoms with Gasteiger partial charge >= 0.3 is 5.69 Å². The van der Waals surface area contributed by atoms with Gasteiger partial charge in [0.15, 0.2) is 5.78 Å². The molecule has 0 fully saturated rings. The number of anilines is 1. The second-order valence-corrected chi connectivity index (χ2v) is 5.23. The molecule has 0 spiro atoms. The fourth-order valence-corrected chi connectivity index (χ4v) is 2.35. The van der Waals surface area contributed by atoms with Crippen molar-refractivity contribution >= 4 is 23.1 Å². The van der Waals surface area contributed by atoms with Gasteiger partial charge < -0.3 is 5.32 Å². The van der Waals surface area contributed by atoms with Crippen molar-refractivity contribution in [1.82, 2.24) is 9.78 Å². The summed E-state index contributed by atoms with van der Waals surface area (Å²) in [5.74, 6) is -1.73. The third-order valence-electron chi connectivity index (χ3n) is 3.41. The second kappa shape index (κ2) is 6.57. The van der Waals surface area contributed by atoms with Crippen LogP contribution in [0.4, 0.5) is 15.8 Å². The second-order valence-electron chi connectivity index (χ2n) is 5.23. The predicted octanol–water partition coefficient (Wildman–Crippen LogP) is 2.39. The van der Waals surface area contributed by atoms with E-state index in [0.717, 1.165) is 6.07 Å². The molecule has 8 nitrogen and oxygen atoms in total. The number of aromatic nitrogens is 2. The maximum Gasteiger partial charge on any atom is 0.312 e. The van der Waals surface area contributed by atoms with E-state index in [-0.39, 0.29) is 40.8 Å². The Morgan fingerprint density at radius 2 is 2.04 bits per heavy atom. The Bertz CT molecular complexity index is 844. The van der Waals surface area contributed by atoms with Crippen molar-refractivity contribution in [2.75, 3.05) is 5.32 Å². The van der Waals surface area contributed by atoms with Crippen LogP contribution >= 0.6 is 0 Å². The molecule has 2 rings (SSSR count). The fraction of sp³-hybridized carbons (Fsp3) is 0.267. The quantitative estimate of drug-likeness (QED) is 0.513. The summed E-state index contributed by atoms with van der Waals surface area (Å²) in [6.45, 7) is 3.90. The number of nitrogens with zero attached hydrogens (tertiary/aromatic N) is 3. The number of aryl methyl sites for hydroxylation is 1. The maximum atomic E-state index is 14.1. The summed E-state index contributed by atoms with van der Waals surface area (Å²) in [6.07, 6.45) is 0. The van der Waals surface area contributed by atoms with Crippen molar-refractivity contribution in [2.24, 2.45) is 0 Å². The summed E-state index contributed by atoms with van der Waals surface area (Å²) < 4.78 is 15.2. The maximum absolute atomic E-state index is 14.1. The minimum Gasteiger partial charge on any atom is -0.326 e. The Balaban J connectivity index is 2.26. The standard InChI is InChI=1S/C15H15FN4O4/c1-8-15(20(23)24)9(2)19(18-8)7-14(22)12-5-4-11(6-13(12)16)17-10(3)21/h4-6H,7H2,1-3H3,(H,17,21). The number of Topliss-reactive ketones (excluding diaryl/α,β-unsaturated/α-hetero) is 1. The molecule has 126 valence electrons.